The number of fused-ring (bicyclic) bond motifs is 2. The molecule has 2 heterocycles. The molecule has 0 saturated carbocycles. The molecule has 2 aromatic rings. The van der Waals surface area contributed by atoms with Crippen LogP contribution in [0.15, 0.2) is 24.4 Å². The van der Waals surface area contributed by atoms with Crippen molar-refractivity contribution in [3.05, 3.63) is 35.5 Å². The third-order valence-corrected chi connectivity index (χ3v) is 5.79. The minimum absolute atomic E-state index is 0.133. The van der Waals surface area contributed by atoms with Crippen LogP contribution in [-0.4, -0.2) is 41.5 Å². The summed E-state index contributed by atoms with van der Waals surface area (Å²) in [5.41, 5.74) is 3.67. The Morgan fingerprint density at radius 3 is 2.96 bits per heavy atom. The topological polar surface area (TPSA) is 62.4 Å². The average Bonchev–Trinajstić information content (AvgIpc) is 3.05. The summed E-state index contributed by atoms with van der Waals surface area (Å²) in [7, 11) is 1.43. The maximum atomic E-state index is 12.8. The molecule has 3 atom stereocenters. The Morgan fingerprint density at radius 1 is 1.36 bits per heavy atom. The lowest BCUT2D eigenvalue weighted by Gasteiger charge is -2.46. The van der Waals surface area contributed by atoms with E-state index in [9.17, 15) is 9.59 Å². The molecule has 1 aromatic carbocycles. The number of piperidine rings is 1. The van der Waals surface area contributed by atoms with E-state index in [1.807, 2.05) is 11.8 Å². The fraction of sp³-hybridized carbons (Fsp3) is 0.500. The fourth-order valence-electron chi connectivity index (χ4n) is 4.68. The van der Waals surface area contributed by atoms with Crippen molar-refractivity contribution in [2.75, 3.05) is 13.7 Å². The number of nitrogens with one attached hydrogen (secondary N) is 1. The van der Waals surface area contributed by atoms with E-state index in [0.717, 1.165) is 24.8 Å². The number of aromatic amines is 1. The predicted octanol–water partition coefficient (Wildman–Crippen LogP) is 3.00. The number of amides is 1. The van der Waals surface area contributed by atoms with E-state index >= 15 is 0 Å². The van der Waals surface area contributed by atoms with Crippen LogP contribution >= 0.6 is 0 Å². The fourth-order valence-corrected chi connectivity index (χ4v) is 4.68. The highest BCUT2D eigenvalue weighted by molar-refractivity contribution is 5.89. The van der Waals surface area contributed by atoms with Crippen LogP contribution in [0.2, 0.25) is 0 Å². The third-order valence-electron chi connectivity index (χ3n) is 5.79. The quantitative estimate of drug-likeness (QED) is 0.874. The Labute approximate surface area is 147 Å². The number of rotatable bonds is 3. The van der Waals surface area contributed by atoms with Gasteiger partial charge in [-0.3, -0.25) is 9.59 Å². The first kappa shape index (κ1) is 16.2. The molecule has 5 heteroatoms. The minimum Gasteiger partial charge on any atom is -0.469 e. The normalized spacial score (nSPS) is 24.9. The standard InChI is InChI=1S/C20H24N2O3/c1-3-5-18(23)22-11-13(20(24)25-2)8-15-14-6-4-7-16-19(14)12(10-21-16)9-17(15)22/h4,6-7,10,13,15,17,21H,3,5,8-9,11H2,1-2H3. The van der Waals surface area contributed by atoms with Crippen LogP contribution in [-0.2, 0) is 20.7 Å². The molecule has 0 radical (unpaired) electrons. The van der Waals surface area contributed by atoms with Crippen molar-refractivity contribution in [2.45, 2.75) is 44.6 Å². The maximum absolute atomic E-state index is 12.8. The number of carbonyl (C=O) groups is 2. The number of carbonyl (C=O) groups excluding carboxylic acids is 2. The molecule has 1 aromatic heterocycles. The molecule has 1 aliphatic heterocycles. The maximum Gasteiger partial charge on any atom is 0.310 e. The van der Waals surface area contributed by atoms with Gasteiger partial charge in [0.25, 0.3) is 0 Å². The second-order valence-corrected chi connectivity index (χ2v) is 7.21. The number of aromatic nitrogens is 1. The average molecular weight is 340 g/mol. The van der Waals surface area contributed by atoms with Crippen molar-refractivity contribution in [3.8, 4) is 0 Å². The molecule has 2 aliphatic rings. The van der Waals surface area contributed by atoms with Gasteiger partial charge in [0.05, 0.1) is 13.0 Å². The van der Waals surface area contributed by atoms with Gasteiger partial charge in [0.1, 0.15) is 0 Å². The number of benzene rings is 1. The molecule has 0 bridgehead atoms. The van der Waals surface area contributed by atoms with Crippen molar-refractivity contribution in [3.63, 3.8) is 0 Å². The predicted molar refractivity (Wildman–Crippen MR) is 95.3 cm³/mol. The van der Waals surface area contributed by atoms with Crippen LogP contribution in [0.3, 0.4) is 0 Å². The Hall–Kier alpha value is -2.30. The number of methoxy groups -OCH3 is 1. The van der Waals surface area contributed by atoms with E-state index in [2.05, 4.69) is 29.4 Å². The number of H-pyrrole nitrogens is 1. The largest absolute Gasteiger partial charge is 0.469 e. The van der Waals surface area contributed by atoms with Crippen molar-refractivity contribution in [2.24, 2.45) is 5.92 Å². The second kappa shape index (κ2) is 6.21. The summed E-state index contributed by atoms with van der Waals surface area (Å²) in [6.07, 6.45) is 5.02. The molecule has 0 spiro atoms. The molecule has 1 saturated heterocycles. The van der Waals surface area contributed by atoms with Gasteiger partial charge in [0, 0.05) is 42.0 Å². The van der Waals surface area contributed by atoms with E-state index in [1.54, 1.807) is 0 Å². The third kappa shape index (κ3) is 2.53. The van der Waals surface area contributed by atoms with Gasteiger partial charge < -0.3 is 14.6 Å². The lowest BCUT2D eigenvalue weighted by atomic mass is 9.72. The van der Waals surface area contributed by atoms with E-state index < -0.39 is 0 Å². The highest BCUT2D eigenvalue weighted by atomic mass is 16.5. The van der Waals surface area contributed by atoms with Crippen molar-refractivity contribution < 1.29 is 14.3 Å². The van der Waals surface area contributed by atoms with E-state index in [4.69, 9.17) is 4.74 Å². The molecule has 25 heavy (non-hydrogen) atoms. The van der Waals surface area contributed by atoms with Crippen LogP contribution < -0.4 is 0 Å². The molecule has 1 fully saturated rings. The van der Waals surface area contributed by atoms with Gasteiger partial charge in [-0.1, -0.05) is 19.1 Å². The SMILES string of the molecule is CCCC(=O)N1CC(C(=O)OC)CC2c3cccc4[nH]cc(c34)CC21. The summed E-state index contributed by atoms with van der Waals surface area (Å²) in [5.74, 6) is -0.120. The summed E-state index contributed by atoms with van der Waals surface area (Å²) in [6.45, 7) is 2.49. The van der Waals surface area contributed by atoms with E-state index in [0.29, 0.717) is 13.0 Å². The van der Waals surface area contributed by atoms with Gasteiger partial charge in [-0.15, -0.1) is 0 Å². The van der Waals surface area contributed by atoms with Gasteiger partial charge in [-0.05, 0) is 36.5 Å². The Morgan fingerprint density at radius 2 is 2.20 bits per heavy atom. The first-order valence-electron chi connectivity index (χ1n) is 9.10. The first-order valence-corrected chi connectivity index (χ1v) is 9.10. The molecule has 132 valence electrons. The molecule has 5 nitrogen and oxygen atoms in total. The molecule has 4 rings (SSSR count). The van der Waals surface area contributed by atoms with E-state index in [-0.39, 0.29) is 29.8 Å². The summed E-state index contributed by atoms with van der Waals surface area (Å²) in [6, 6.07) is 6.43. The van der Waals surface area contributed by atoms with Crippen LogP contribution in [0, 0.1) is 5.92 Å². The number of hydrogen-bond donors (Lipinski definition) is 1. The first-order chi connectivity index (χ1) is 12.1. The Kier molecular flexibility index (Phi) is 4.02. The van der Waals surface area contributed by atoms with Crippen molar-refractivity contribution in [1.29, 1.82) is 0 Å². The van der Waals surface area contributed by atoms with Gasteiger partial charge in [-0.2, -0.15) is 0 Å². The molecule has 1 N–H and O–H groups in total. The lowest BCUT2D eigenvalue weighted by molar-refractivity contribution is -0.151. The zero-order chi connectivity index (χ0) is 17.6. The van der Waals surface area contributed by atoms with Gasteiger partial charge >= 0.3 is 5.97 Å². The molecule has 1 aliphatic carbocycles. The highest BCUT2D eigenvalue weighted by Crippen LogP contribution is 2.45. The van der Waals surface area contributed by atoms with Crippen LogP contribution in [0.25, 0.3) is 10.9 Å². The Bertz CT molecular complexity index is 825. The Balaban J connectivity index is 1.78. The van der Waals surface area contributed by atoms with Crippen LogP contribution in [0.5, 0.6) is 0 Å². The number of likely N-dealkylation sites (tertiary alicyclic amines) is 1. The lowest BCUT2D eigenvalue weighted by Crippen LogP contribution is -2.54. The zero-order valence-electron chi connectivity index (χ0n) is 14.7. The zero-order valence-corrected chi connectivity index (χ0v) is 14.7. The van der Waals surface area contributed by atoms with Crippen LogP contribution in [0.1, 0.15) is 43.2 Å². The van der Waals surface area contributed by atoms with Crippen molar-refractivity contribution in [1.82, 2.24) is 9.88 Å². The van der Waals surface area contributed by atoms with Gasteiger partial charge in [0.2, 0.25) is 5.91 Å². The molecular weight excluding hydrogens is 316 g/mol. The number of esters is 1. The molecular formula is C20H24N2O3. The summed E-state index contributed by atoms with van der Waals surface area (Å²) in [4.78, 5) is 30.3. The smallest absolute Gasteiger partial charge is 0.310 e. The second-order valence-electron chi connectivity index (χ2n) is 7.21. The van der Waals surface area contributed by atoms with Gasteiger partial charge in [0.15, 0.2) is 0 Å². The van der Waals surface area contributed by atoms with E-state index in [1.165, 1.54) is 23.6 Å². The number of nitrogens with zero attached hydrogens (tertiary/aromatic N) is 1. The summed E-state index contributed by atoms with van der Waals surface area (Å²) in [5, 5.41) is 1.28. The number of ether oxygens (including phenoxy) is 1. The van der Waals surface area contributed by atoms with Crippen molar-refractivity contribution >= 4 is 22.8 Å². The summed E-state index contributed by atoms with van der Waals surface area (Å²) >= 11 is 0. The molecule has 3 unspecified atom stereocenters. The van der Waals surface area contributed by atoms with Crippen LogP contribution in [0.4, 0.5) is 0 Å². The monoisotopic (exact) mass is 340 g/mol. The number of hydrogen-bond acceptors (Lipinski definition) is 3. The highest BCUT2D eigenvalue weighted by Gasteiger charge is 2.44. The minimum atomic E-state index is -0.247. The molecule has 1 amide bonds. The summed E-state index contributed by atoms with van der Waals surface area (Å²) < 4.78 is 5.00. The van der Waals surface area contributed by atoms with Gasteiger partial charge in [-0.25, -0.2) is 0 Å².